The average Bonchev–Trinajstić information content (AvgIpc) is 2.64. The summed E-state index contributed by atoms with van der Waals surface area (Å²) >= 11 is 0. The number of hydrogen-bond donors (Lipinski definition) is 1. The van der Waals surface area contributed by atoms with Gasteiger partial charge in [-0.2, -0.15) is 26.3 Å². The maximum Gasteiger partial charge on any atom is 0.422 e. The first-order chi connectivity index (χ1) is 13.4. The number of alkyl halides is 6. The minimum atomic E-state index is -4.51. The fraction of sp³-hybridized carbons (Fsp3) is 0.333. The Labute approximate surface area is 161 Å². The molecule has 1 atom stereocenters. The molecule has 2 rings (SSSR count). The van der Waals surface area contributed by atoms with E-state index in [9.17, 15) is 31.1 Å². The zero-order chi connectivity index (χ0) is 21.7. The summed E-state index contributed by atoms with van der Waals surface area (Å²) in [5.41, 5.74) is 0.420. The molecule has 0 spiro atoms. The number of carbonyl (C=O) groups is 1. The zero-order valence-electron chi connectivity index (χ0n) is 15.0. The van der Waals surface area contributed by atoms with E-state index in [2.05, 4.69) is 19.8 Å². The van der Waals surface area contributed by atoms with Gasteiger partial charge in [0, 0.05) is 5.56 Å². The number of nitrogens with zero attached hydrogens (tertiary/aromatic N) is 1. The number of hydrogen-bond acceptors (Lipinski definition) is 4. The summed E-state index contributed by atoms with van der Waals surface area (Å²) in [6, 6.07) is 7.25. The van der Waals surface area contributed by atoms with E-state index in [4.69, 9.17) is 0 Å². The number of aromatic nitrogens is 1. The van der Waals surface area contributed by atoms with E-state index < -0.39 is 37.5 Å². The van der Waals surface area contributed by atoms with Crippen LogP contribution in [0.25, 0.3) is 0 Å². The van der Waals surface area contributed by atoms with Crippen LogP contribution >= 0.6 is 0 Å². The molecule has 0 aliphatic heterocycles. The lowest BCUT2D eigenvalue weighted by molar-refractivity contribution is -0.154. The van der Waals surface area contributed by atoms with Crippen LogP contribution in [0.2, 0.25) is 0 Å². The Bertz CT molecular complexity index is 822. The Hall–Kier alpha value is -2.98. The number of ether oxygens (including phenoxy) is 2. The van der Waals surface area contributed by atoms with E-state index in [-0.39, 0.29) is 17.1 Å². The van der Waals surface area contributed by atoms with Crippen LogP contribution in [0.5, 0.6) is 11.5 Å². The zero-order valence-corrected chi connectivity index (χ0v) is 15.0. The van der Waals surface area contributed by atoms with E-state index in [1.807, 2.05) is 0 Å². The Morgan fingerprint density at radius 2 is 1.62 bits per heavy atom. The molecule has 0 fully saturated rings. The van der Waals surface area contributed by atoms with Crippen molar-refractivity contribution in [3.05, 3.63) is 53.9 Å². The lowest BCUT2D eigenvalue weighted by Gasteiger charge is -2.15. The molecular weight excluding hydrogens is 406 g/mol. The van der Waals surface area contributed by atoms with Gasteiger partial charge >= 0.3 is 12.4 Å². The van der Waals surface area contributed by atoms with Crippen LogP contribution in [0.4, 0.5) is 26.3 Å². The van der Waals surface area contributed by atoms with Crippen LogP contribution in [0.15, 0.2) is 42.6 Å². The van der Waals surface area contributed by atoms with Crippen LogP contribution in [0.1, 0.15) is 29.0 Å². The number of halogens is 6. The molecule has 5 nitrogen and oxygen atoms in total. The summed E-state index contributed by atoms with van der Waals surface area (Å²) < 4.78 is 82.2. The first kappa shape index (κ1) is 22.3. The van der Waals surface area contributed by atoms with Crippen molar-refractivity contribution >= 4 is 5.91 Å². The molecule has 11 heteroatoms. The van der Waals surface area contributed by atoms with Gasteiger partial charge in [-0.05, 0) is 37.3 Å². The normalized spacial score (nSPS) is 12.9. The van der Waals surface area contributed by atoms with Crippen LogP contribution in [-0.2, 0) is 0 Å². The number of pyridine rings is 1. The molecule has 1 N–H and O–H groups in total. The number of nitrogens with one attached hydrogen (secondary N) is 1. The lowest BCUT2D eigenvalue weighted by Crippen LogP contribution is -2.27. The Kier molecular flexibility index (Phi) is 6.93. The summed E-state index contributed by atoms with van der Waals surface area (Å²) in [5.74, 6) is -0.791. The van der Waals surface area contributed by atoms with Crippen LogP contribution < -0.4 is 14.8 Å². The number of rotatable bonds is 7. The van der Waals surface area contributed by atoms with Gasteiger partial charge in [-0.25, -0.2) is 0 Å². The molecule has 0 saturated carbocycles. The van der Waals surface area contributed by atoms with Gasteiger partial charge in [0.15, 0.2) is 13.2 Å². The summed E-state index contributed by atoms with van der Waals surface area (Å²) in [5, 5.41) is 2.59. The molecule has 158 valence electrons. The highest BCUT2D eigenvalue weighted by molar-refractivity contribution is 5.94. The minimum absolute atomic E-state index is 0.0710. The summed E-state index contributed by atoms with van der Waals surface area (Å²) in [6.07, 6.45) is -7.89. The molecule has 1 heterocycles. The largest absolute Gasteiger partial charge is 0.484 e. The van der Waals surface area contributed by atoms with Crippen molar-refractivity contribution in [1.29, 1.82) is 0 Å². The third-order valence-corrected chi connectivity index (χ3v) is 3.45. The van der Waals surface area contributed by atoms with E-state index in [0.29, 0.717) is 5.69 Å². The highest BCUT2D eigenvalue weighted by atomic mass is 19.4. The van der Waals surface area contributed by atoms with Crippen LogP contribution in [-0.4, -0.2) is 36.5 Å². The number of carbonyl (C=O) groups excluding carboxylic acids is 1. The fourth-order valence-electron chi connectivity index (χ4n) is 2.14. The highest BCUT2D eigenvalue weighted by Crippen LogP contribution is 2.21. The van der Waals surface area contributed by atoms with Crippen molar-refractivity contribution in [1.82, 2.24) is 10.3 Å². The molecule has 0 unspecified atom stereocenters. The molecule has 29 heavy (non-hydrogen) atoms. The molecule has 0 aliphatic carbocycles. The van der Waals surface area contributed by atoms with E-state index in [1.54, 1.807) is 6.92 Å². The van der Waals surface area contributed by atoms with Gasteiger partial charge in [-0.15, -0.1) is 0 Å². The van der Waals surface area contributed by atoms with Crippen molar-refractivity contribution in [2.75, 3.05) is 13.2 Å². The summed E-state index contributed by atoms with van der Waals surface area (Å²) in [4.78, 5) is 16.2. The first-order valence-corrected chi connectivity index (χ1v) is 8.19. The Morgan fingerprint density at radius 3 is 2.17 bits per heavy atom. The predicted molar refractivity (Wildman–Crippen MR) is 89.7 cm³/mol. The molecule has 0 bridgehead atoms. The maximum absolute atomic E-state index is 12.3. The molecule has 1 amide bonds. The number of amides is 1. The van der Waals surface area contributed by atoms with Gasteiger partial charge in [-0.3, -0.25) is 9.78 Å². The Morgan fingerprint density at radius 1 is 1.00 bits per heavy atom. The molecule has 1 aromatic heterocycles. The SMILES string of the molecule is C[C@H](NC(=O)c1cccc(OCC(F)(F)F)c1)c1ccc(OCC(F)(F)F)cn1. The molecular formula is C18H16F6N2O3. The lowest BCUT2D eigenvalue weighted by atomic mass is 10.1. The van der Waals surface area contributed by atoms with Crippen molar-refractivity contribution in [3.63, 3.8) is 0 Å². The fourth-order valence-corrected chi connectivity index (χ4v) is 2.14. The minimum Gasteiger partial charge on any atom is -0.484 e. The van der Waals surface area contributed by atoms with Crippen molar-refractivity contribution in [2.45, 2.75) is 25.3 Å². The van der Waals surface area contributed by atoms with Gasteiger partial charge < -0.3 is 14.8 Å². The van der Waals surface area contributed by atoms with Crippen molar-refractivity contribution < 1.29 is 40.6 Å². The predicted octanol–water partition coefficient (Wildman–Crippen LogP) is 4.45. The highest BCUT2D eigenvalue weighted by Gasteiger charge is 2.29. The molecule has 0 radical (unpaired) electrons. The van der Waals surface area contributed by atoms with E-state index in [0.717, 1.165) is 12.3 Å². The van der Waals surface area contributed by atoms with Crippen LogP contribution in [0, 0.1) is 0 Å². The van der Waals surface area contributed by atoms with Gasteiger partial charge in [0.25, 0.3) is 5.91 Å². The van der Waals surface area contributed by atoms with Crippen LogP contribution in [0.3, 0.4) is 0 Å². The number of benzene rings is 1. The van der Waals surface area contributed by atoms with Crippen molar-refractivity contribution in [3.8, 4) is 11.5 Å². The molecule has 0 aliphatic rings. The average molecular weight is 422 g/mol. The second-order valence-corrected chi connectivity index (χ2v) is 5.95. The Balaban J connectivity index is 1.96. The monoisotopic (exact) mass is 422 g/mol. The smallest absolute Gasteiger partial charge is 0.422 e. The van der Waals surface area contributed by atoms with Gasteiger partial charge in [0.1, 0.15) is 11.5 Å². The summed E-state index contributed by atoms with van der Waals surface area (Å²) in [7, 11) is 0. The van der Waals surface area contributed by atoms with Gasteiger partial charge in [-0.1, -0.05) is 6.07 Å². The molecule has 1 aromatic carbocycles. The van der Waals surface area contributed by atoms with Crippen molar-refractivity contribution in [2.24, 2.45) is 0 Å². The van der Waals surface area contributed by atoms with Gasteiger partial charge in [0.2, 0.25) is 0 Å². The molecule has 2 aromatic rings. The van der Waals surface area contributed by atoms with E-state index >= 15 is 0 Å². The quantitative estimate of drug-likeness (QED) is 0.670. The molecule has 0 saturated heterocycles. The summed E-state index contributed by atoms with van der Waals surface area (Å²) in [6.45, 7) is -1.35. The third-order valence-electron chi connectivity index (χ3n) is 3.45. The van der Waals surface area contributed by atoms with E-state index in [1.165, 1.54) is 30.3 Å². The first-order valence-electron chi connectivity index (χ1n) is 8.19. The second-order valence-electron chi connectivity index (χ2n) is 5.95. The topological polar surface area (TPSA) is 60.5 Å². The standard InChI is InChI=1S/C18H16F6N2O3/c1-11(15-6-5-14(8-25-15)29-10-18(22,23)24)26-16(27)12-3-2-4-13(7-12)28-9-17(19,20)21/h2-8,11H,9-10H2,1H3,(H,26,27)/t11-/m0/s1. The maximum atomic E-state index is 12.3. The van der Waals surface area contributed by atoms with Gasteiger partial charge in [0.05, 0.1) is 17.9 Å². The third kappa shape index (κ3) is 7.88. The second kappa shape index (κ2) is 9.01.